The lowest BCUT2D eigenvalue weighted by Gasteiger charge is -2.05. The SMILES string of the molecule is Cc1cc([N+](=O)[O-])nn1C[C@H](C)c1nc2c3cnn(-c4ccccc4)c3ncn2n1. The molecule has 0 aliphatic carbocycles. The largest absolute Gasteiger partial charge is 0.390 e. The Bertz CT molecular complexity index is 1380. The van der Waals surface area contributed by atoms with Crippen molar-refractivity contribution in [3.05, 3.63) is 70.6 Å². The lowest BCUT2D eigenvalue weighted by atomic mass is 10.1. The van der Waals surface area contributed by atoms with E-state index in [0.717, 1.165) is 11.1 Å². The molecule has 0 aliphatic rings. The van der Waals surface area contributed by atoms with Gasteiger partial charge >= 0.3 is 5.82 Å². The normalized spacial score (nSPS) is 12.6. The molecule has 11 heteroatoms. The van der Waals surface area contributed by atoms with Gasteiger partial charge < -0.3 is 10.1 Å². The summed E-state index contributed by atoms with van der Waals surface area (Å²) in [5, 5.41) is 24.8. The molecule has 5 aromatic rings. The third-order valence-electron chi connectivity index (χ3n) is 4.97. The zero-order chi connectivity index (χ0) is 20.8. The van der Waals surface area contributed by atoms with Crippen LogP contribution in [0.1, 0.15) is 24.4 Å². The lowest BCUT2D eigenvalue weighted by molar-refractivity contribution is -0.389. The van der Waals surface area contributed by atoms with Gasteiger partial charge in [0.15, 0.2) is 17.1 Å². The van der Waals surface area contributed by atoms with Crippen LogP contribution in [0, 0.1) is 17.0 Å². The first-order valence-corrected chi connectivity index (χ1v) is 9.34. The summed E-state index contributed by atoms with van der Waals surface area (Å²) in [5.41, 5.74) is 2.98. The summed E-state index contributed by atoms with van der Waals surface area (Å²) in [6, 6.07) is 11.2. The van der Waals surface area contributed by atoms with Gasteiger partial charge in [0.05, 0.1) is 40.7 Å². The third-order valence-corrected chi connectivity index (χ3v) is 4.97. The van der Waals surface area contributed by atoms with Crippen LogP contribution in [0.4, 0.5) is 5.82 Å². The van der Waals surface area contributed by atoms with Crippen molar-refractivity contribution in [3.8, 4) is 5.69 Å². The highest BCUT2D eigenvalue weighted by molar-refractivity contribution is 5.89. The molecular formula is C19H17N9O2. The van der Waals surface area contributed by atoms with Crippen molar-refractivity contribution in [1.82, 2.24) is 39.1 Å². The van der Waals surface area contributed by atoms with Crippen LogP contribution in [0.5, 0.6) is 0 Å². The van der Waals surface area contributed by atoms with Crippen molar-refractivity contribution in [3.63, 3.8) is 0 Å². The second-order valence-electron chi connectivity index (χ2n) is 7.10. The molecule has 0 spiro atoms. The molecule has 11 nitrogen and oxygen atoms in total. The summed E-state index contributed by atoms with van der Waals surface area (Å²) in [6.45, 7) is 4.17. The molecule has 1 atom stereocenters. The number of benzene rings is 1. The third kappa shape index (κ3) is 2.87. The number of hydrogen-bond donors (Lipinski definition) is 0. The number of nitrogens with zero attached hydrogens (tertiary/aromatic N) is 9. The maximum absolute atomic E-state index is 11.0. The van der Waals surface area contributed by atoms with Crippen molar-refractivity contribution >= 4 is 22.5 Å². The van der Waals surface area contributed by atoms with E-state index in [2.05, 4.69) is 20.3 Å². The van der Waals surface area contributed by atoms with Gasteiger partial charge in [0, 0.05) is 5.92 Å². The smallest absolute Gasteiger partial charge is 0.358 e. The van der Waals surface area contributed by atoms with Crippen molar-refractivity contribution < 1.29 is 4.92 Å². The first-order valence-electron chi connectivity index (χ1n) is 9.34. The molecule has 0 saturated heterocycles. The molecule has 0 radical (unpaired) electrons. The number of fused-ring (bicyclic) bond motifs is 3. The summed E-state index contributed by atoms with van der Waals surface area (Å²) >= 11 is 0. The van der Waals surface area contributed by atoms with Crippen LogP contribution in [0.25, 0.3) is 22.4 Å². The van der Waals surface area contributed by atoms with Gasteiger partial charge in [0.25, 0.3) is 0 Å². The van der Waals surface area contributed by atoms with Crippen molar-refractivity contribution in [2.24, 2.45) is 0 Å². The van der Waals surface area contributed by atoms with Gasteiger partial charge in [-0.15, -0.1) is 5.10 Å². The quantitative estimate of drug-likeness (QED) is 0.326. The molecule has 0 bridgehead atoms. The van der Waals surface area contributed by atoms with E-state index in [1.807, 2.05) is 37.3 Å². The van der Waals surface area contributed by atoms with Crippen LogP contribution >= 0.6 is 0 Å². The zero-order valence-electron chi connectivity index (χ0n) is 16.2. The molecule has 30 heavy (non-hydrogen) atoms. The van der Waals surface area contributed by atoms with E-state index in [1.165, 1.54) is 6.07 Å². The van der Waals surface area contributed by atoms with Crippen LogP contribution in [-0.2, 0) is 6.54 Å². The summed E-state index contributed by atoms with van der Waals surface area (Å²) in [5.74, 6) is 0.332. The number of para-hydroxylation sites is 1. The van der Waals surface area contributed by atoms with Gasteiger partial charge in [-0.25, -0.2) is 19.2 Å². The van der Waals surface area contributed by atoms with Crippen LogP contribution in [0.2, 0.25) is 0 Å². The minimum absolute atomic E-state index is 0.109. The Kier molecular flexibility index (Phi) is 4.02. The average molecular weight is 403 g/mol. The number of rotatable bonds is 5. The summed E-state index contributed by atoms with van der Waals surface area (Å²) < 4.78 is 5.00. The molecule has 0 saturated carbocycles. The Morgan fingerprint density at radius 2 is 1.97 bits per heavy atom. The summed E-state index contributed by atoms with van der Waals surface area (Å²) in [4.78, 5) is 19.7. The van der Waals surface area contributed by atoms with E-state index in [0.29, 0.717) is 29.4 Å². The zero-order valence-corrected chi connectivity index (χ0v) is 16.2. The fraction of sp³-hybridized carbons (Fsp3) is 0.211. The number of aryl methyl sites for hydroxylation is 1. The first-order chi connectivity index (χ1) is 14.5. The predicted octanol–water partition coefficient (Wildman–Crippen LogP) is 2.68. The second kappa shape index (κ2) is 6.72. The van der Waals surface area contributed by atoms with Gasteiger partial charge in [-0.3, -0.25) is 0 Å². The monoisotopic (exact) mass is 403 g/mol. The van der Waals surface area contributed by atoms with E-state index in [9.17, 15) is 10.1 Å². The summed E-state index contributed by atoms with van der Waals surface area (Å²) in [6.07, 6.45) is 3.35. The van der Waals surface area contributed by atoms with Crippen molar-refractivity contribution in [2.75, 3.05) is 0 Å². The maximum atomic E-state index is 11.0. The highest BCUT2D eigenvalue weighted by Crippen LogP contribution is 2.22. The van der Waals surface area contributed by atoms with E-state index >= 15 is 0 Å². The molecule has 0 N–H and O–H groups in total. The highest BCUT2D eigenvalue weighted by atomic mass is 16.6. The van der Waals surface area contributed by atoms with Gasteiger partial charge in [0.1, 0.15) is 6.33 Å². The Morgan fingerprint density at radius 1 is 1.17 bits per heavy atom. The van der Waals surface area contributed by atoms with Crippen LogP contribution in [-0.4, -0.2) is 44.1 Å². The minimum Gasteiger partial charge on any atom is -0.358 e. The Hall–Kier alpha value is -4.15. The fourth-order valence-electron chi connectivity index (χ4n) is 3.41. The van der Waals surface area contributed by atoms with Crippen molar-refractivity contribution in [2.45, 2.75) is 26.3 Å². The van der Waals surface area contributed by atoms with E-state index in [1.54, 1.807) is 33.3 Å². The molecule has 0 amide bonds. The van der Waals surface area contributed by atoms with Crippen molar-refractivity contribution in [1.29, 1.82) is 0 Å². The maximum Gasteiger partial charge on any atom is 0.390 e. The fourth-order valence-corrected chi connectivity index (χ4v) is 3.41. The van der Waals surface area contributed by atoms with Crippen LogP contribution in [0.3, 0.4) is 0 Å². The second-order valence-corrected chi connectivity index (χ2v) is 7.10. The van der Waals surface area contributed by atoms with Crippen LogP contribution < -0.4 is 0 Å². The molecular weight excluding hydrogens is 386 g/mol. The first kappa shape index (κ1) is 17.9. The topological polar surface area (TPSA) is 122 Å². The number of aromatic nitrogens is 8. The molecule has 0 fully saturated rings. The molecule has 1 aromatic carbocycles. The molecule has 0 unspecified atom stereocenters. The number of hydrogen-bond acceptors (Lipinski definition) is 7. The Labute approximate surface area is 169 Å². The highest BCUT2D eigenvalue weighted by Gasteiger charge is 2.21. The van der Waals surface area contributed by atoms with Gasteiger partial charge in [-0.05, 0) is 24.0 Å². The molecule has 4 aromatic heterocycles. The molecule has 5 rings (SSSR count). The summed E-state index contributed by atoms with van der Waals surface area (Å²) in [7, 11) is 0. The average Bonchev–Trinajstić information content (AvgIpc) is 3.44. The minimum atomic E-state index is -0.496. The van der Waals surface area contributed by atoms with E-state index < -0.39 is 4.92 Å². The van der Waals surface area contributed by atoms with E-state index in [-0.39, 0.29) is 11.7 Å². The number of nitro groups is 1. The van der Waals surface area contributed by atoms with Gasteiger partial charge in [-0.2, -0.15) is 9.78 Å². The molecule has 4 heterocycles. The molecule has 150 valence electrons. The molecule has 0 aliphatic heterocycles. The Balaban J connectivity index is 1.51. The van der Waals surface area contributed by atoms with Gasteiger partial charge in [0.2, 0.25) is 0 Å². The van der Waals surface area contributed by atoms with Crippen LogP contribution in [0.15, 0.2) is 48.9 Å². The van der Waals surface area contributed by atoms with Gasteiger partial charge in [-0.1, -0.05) is 25.1 Å². The Morgan fingerprint density at radius 3 is 2.70 bits per heavy atom. The standard InChI is InChI=1S/C19H17N9O2/c1-12(10-25-13(2)8-16(23-25)28(29)30)17-22-19-15-9-21-27(14-6-4-3-5-7-14)18(15)20-11-26(19)24-17/h3-9,11-12H,10H2,1-2H3/t12-/m0/s1. The predicted molar refractivity (Wildman–Crippen MR) is 107 cm³/mol. The lowest BCUT2D eigenvalue weighted by Crippen LogP contribution is -2.11. The van der Waals surface area contributed by atoms with E-state index in [4.69, 9.17) is 4.98 Å².